The van der Waals surface area contributed by atoms with Crippen LogP contribution >= 0.6 is 0 Å². The van der Waals surface area contributed by atoms with Crippen LogP contribution in [0, 0.1) is 0 Å². The van der Waals surface area contributed by atoms with Gasteiger partial charge in [0.1, 0.15) is 0 Å². The van der Waals surface area contributed by atoms with Gasteiger partial charge >= 0.3 is 35.8 Å². The fourth-order valence-electron chi connectivity index (χ4n) is 3.12. The Hall–Kier alpha value is -3.18. The van der Waals surface area contributed by atoms with Crippen LogP contribution in [0.2, 0.25) is 0 Å². The molecular formula is C19H26O12. The predicted molar refractivity (Wildman–Crippen MR) is 97.9 cm³/mol. The minimum absolute atomic E-state index is 0.0973. The van der Waals surface area contributed by atoms with Crippen LogP contribution in [0.3, 0.4) is 0 Å². The van der Waals surface area contributed by atoms with Crippen LogP contribution in [0.5, 0.6) is 0 Å². The first-order chi connectivity index (χ1) is 14.4. The predicted octanol–water partition coefficient (Wildman–Crippen LogP) is -0.0197. The molecule has 0 bridgehead atoms. The standard InChI is InChI=1S/C19H26O12/c1-7-13(25)31-19-17(29-11(5)23)15(27-9(3)21)14(26-8(2)20)16(28-10(4)22)18(19)30-12(6)24/h14-19H,7H2,1-6H3. The van der Waals surface area contributed by atoms with E-state index in [0.717, 1.165) is 34.6 Å². The molecule has 0 aliphatic heterocycles. The maximum Gasteiger partial charge on any atom is 0.306 e. The summed E-state index contributed by atoms with van der Waals surface area (Å²) in [7, 11) is 0. The molecule has 4 atom stereocenters. The Morgan fingerprint density at radius 2 is 0.645 bits per heavy atom. The summed E-state index contributed by atoms with van der Waals surface area (Å²) >= 11 is 0. The summed E-state index contributed by atoms with van der Waals surface area (Å²) in [4.78, 5) is 70.8. The highest BCUT2D eigenvalue weighted by atomic mass is 16.7. The lowest BCUT2D eigenvalue weighted by Gasteiger charge is -2.46. The Bertz CT molecular complexity index is 685. The minimum atomic E-state index is -1.55. The van der Waals surface area contributed by atoms with Crippen LogP contribution in [-0.4, -0.2) is 72.4 Å². The molecule has 1 fully saturated rings. The highest BCUT2D eigenvalue weighted by Crippen LogP contribution is 2.34. The minimum Gasteiger partial charge on any atom is -0.454 e. The zero-order valence-corrected chi connectivity index (χ0v) is 18.1. The van der Waals surface area contributed by atoms with Crippen molar-refractivity contribution in [2.45, 2.75) is 84.6 Å². The molecule has 0 aromatic rings. The van der Waals surface area contributed by atoms with E-state index in [2.05, 4.69) is 0 Å². The van der Waals surface area contributed by atoms with Crippen molar-refractivity contribution in [3.63, 3.8) is 0 Å². The van der Waals surface area contributed by atoms with Gasteiger partial charge in [0, 0.05) is 41.0 Å². The van der Waals surface area contributed by atoms with Crippen LogP contribution in [0.4, 0.5) is 0 Å². The fourth-order valence-corrected chi connectivity index (χ4v) is 3.12. The molecule has 0 spiro atoms. The van der Waals surface area contributed by atoms with Gasteiger partial charge in [-0.25, -0.2) is 0 Å². The van der Waals surface area contributed by atoms with Gasteiger partial charge in [-0.2, -0.15) is 0 Å². The third kappa shape index (κ3) is 7.54. The van der Waals surface area contributed by atoms with E-state index >= 15 is 0 Å². The van der Waals surface area contributed by atoms with Crippen molar-refractivity contribution in [3.05, 3.63) is 0 Å². The second kappa shape index (κ2) is 11.3. The van der Waals surface area contributed by atoms with Gasteiger partial charge in [0.2, 0.25) is 0 Å². The Morgan fingerprint density at radius 3 is 0.806 bits per heavy atom. The third-order valence-electron chi connectivity index (χ3n) is 4.01. The molecule has 0 aromatic carbocycles. The molecular weight excluding hydrogens is 420 g/mol. The van der Waals surface area contributed by atoms with E-state index in [1.165, 1.54) is 6.92 Å². The van der Waals surface area contributed by atoms with Gasteiger partial charge in [-0.3, -0.25) is 28.8 Å². The van der Waals surface area contributed by atoms with Crippen molar-refractivity contribution in [2.24, 2.45) is 0 Å². The zero-order chi connectivity index (χ0) is 23.9. The number of hydrogen-bond acceptors (Lipinski definition) is 12. The molecule has 12 nitrogen and oxygen atoms in total. The lowest BCUT2D eigenvalue weighted by molar-refractivity contribution is -0.259. The maximum absolute atomic E-state index is 12.1. The number of esters is 6. The molecule has 1 saturated carbocycles. The molecule has 1 aliphatic carbocycles. The summed E-state index contributed by atoms with van der Waals surface area (Å²) in [5.74, 6) is -5.04. The van der Waals surface area contributed by atoms with E-state index < -0.39 is 72.4 Å². The number of carbonyl (C=O) groups is 6. The van der Waals surface area contributed by atoms with Crippen molar-refractivity contribution >= 4 is 35.8 Å². The first-order valence-corrected chi connectivity index (χ1v) is 9.42. The summed E-state index contributed by atoms with van der Waals surface area (Å²) in [6.45, 7) is 6.71. The molecule has 0 N–H and O–H groups in total. The van der Waals surface area contributed by atoms with Crippen molar-refractivity contribution < 1.29 is 57.2 Å². The Labute approximate surface area is 178 Å². The normalized spacial score (nSPS) is 27.3. The first kappa shape index (κ1) is 25.9. The van der Waals surface area contributed by atoms with E-state index in [-0.39, 0.29) is 6.42 Å². The van der Waals surface area contributed by atoms with E-state index in [0.29, 0.717) is 0 Å². The van der Waals surface area contributed by atoms with Crippen LogP contribution in [0.25, 0.3) is 0 Å². The summed E-state index contributed by atoms with van der Waals surface area (Å²) in [5.41, 5.74) is 0. The molecule has 0 amide bonds. The average Bonchev–Trinajstić information content (AvgIpc) is 2.61. The summed E-state index contributed by atoms with van der Waals surface area (Å²) < 4.78 is 31.4. The molecule has 12 heteroatoms. The largest absolute Gasteiger partial charge is 0.454 e. The summed E-state index contributed by atoms with van der Waals surface area (Å²) in [6, 6.07) is 0. The van der Waals surface area contributed by atoms with Crippen LogP contribution in [0.15, 0.2) is 0 Å². The number of ether oxygens (including phenoxy) is 6. The SMILES string of the molecule is CCC(=O)OC1C(OC(C)=O)C(OC(C)=O)C(OC(C)=O)C(OC(C)=O)C1OC(C)=O. The van der Waals surface area contributed by atoms with Crippen molar-refractivity contribution in [1.82, 2.24) is 0 Å². The van der Waals surface area contributed by atoms with Crippen molar-refractivity contribution in [2.75, 3.05) is 0 Å². The zero-order valence-electron chi connectivity index (χ0n) is 18.1. The smallest absolute Gasteiger partial charge is 0.306 e. The molecule has 0 aromatic heterocycles. The molecule has 0 saturated heterocycles. The van der Waals surface area contributed by atoms with E-state index in [4.69, 9.17) is 28.4 Å². The summed E-state index contributed by atoms with van der Waals surface area (Å²) in [5, 5.41) is 0. The molecule has 1 aliphatic rings. The second-order valence-electron chi connectivity index (χ2n) is 6.68. The van der Waals surface area contributed by atoms with Crippen molar-refractivity contribution in [3.8, 4) is 0 Å². The van der Waals surface area contributed by atoms with Gasteiger partial charge in [0.15, 0.2) is 36.6 Å². The third-order valence-corrected chi connectivity index (χ3v) is 4.01. The highest BCUT2D eigenvalue weighted by Gasteiger charge is 2.60. The van der Waals surface area contributed by atoms with Crippen molar-refractivity contribution in [1.29, 1.82) is 0 Å². The molecule has 0 radical (unpaired) electrons. The quantitative estimate of drug-likeness (QED) is 0.381. The maximum atomic E-state index is 12.1. The average molecular weight is 446 g/mol. The molecule has 0 heterocycles. The van der Waals surface area contributed by atoms with Crippen LogP contribution in [-0.2, 0) is 57.2 Å². The molecule has 174 valence electrons. The Balaban J connectivity index is 3.68. The van der Waals surface area contributed by atoms with E-state index in [9.17, 15) is 28.8 Å². The lowest BCUT2D eigenvalue weighted by atomic mass is 9.83. The lowest BCUT2D eigenvalue weighted by Crippen LogP contribution is -2.68. The van der Waals surface area contributed by atoms with E-state index in [1.54, 1.807) is 0 Å². The van der Waals surface area contributed by atoms with Gasteiger partial charge in [-0.1, -0.05) is 6.92 Å². The Morgan fingerprint density at radius 1 is 0.452 bits per heavy atom. The van der Waals surface area contributed by atoms with E-state index in [1.807, 2.05) is 0 Å². The van der Waals surface area contributed by atoms with Gasteiger partial charge < -0.3 is 28.4 Å². The van der Waals surface area contributed by atoms with Gasteiger partial charge in [-0.05, 0) is 0 Å². The van der Waals surface area contributed by atoms with Crippen LogP contribution in [0.1, 0.15) is 48.0 Å². The number of rotatable bonds is 7. The highest BCUT2D eigenvalue weighted by molar-refractivity contribution is 5.71. The fraction of sp³-hybridized carbons (Fsp3) is 0.684. The topological polar surface area (TPSA) is 158 Å². The number of hydrogen-bond donors (Lipinski definition) is 0. The molecule has 4 unspecified atom stereocenters. The monoisotopic (exact) mass is 446 g/mol. The molecule has 1 rings (SSSR count). The summed E-state index contributed by atoms with van der Waals surface area (Å²) in [6.07, 6.45) is -9.36. The first-order valence-electron chi connectivity index (χ1n) is 9.42. The molecule has 31 heavy (non-hydrogen) atoms. The number of carbonyl (C=O) groups excluding carboxylic acids is 6. The van der Waals surface area contributed by atoms with Gasteiger partial charge in [0.25, 0.3) is 0 Å². The van der Waals surface area contributed by atoms with Crippen LogP contribution < -0.4 is 0 Å². The van der Waals surface area contributed by atoms with Gasteiger partial charge in [0.05, 0.1) is 0 Å². The van der Waals surface area contributed by atoms with Gasteiger partial charge in [-0.15, -0.1) is 0 Å². The Kier molecular flexibility index (Phi) is 9.41. The second-order valence-corrected chi connectivity index (χ2v) is 6.68.